The van der Waals surface area contributed by atoms with Gasteiger partial charge in [0.15, 0.2) is 0 Å². The van der Waals surface area contributed by atoms with E-state index in [-0.39, 0.29) is 5.82 Å². The molecule has 0 aliphatic heterocycles. The van der Waals surface area contributed by atoms with Crippen molar-refractivity contribution in [3.8, 4) is 5.75 Å². The quantitative estimate of drug-likeness (QED) is 0.323. The molecule has 3 heteroatoms. The summed E-state index contributed by atoms with van der Waals surface area (Å²) in [6.45, 7) is 2.59. The van der Waals surface area contributed by atoms with Crippen LogP contribution in [0, 0.1) is 5.82 Å². The Hall–Kier alpha value is -2.58. The molecule has 3 aromatic rings. The molecule has 0 unspecified atom stereocenters. The Bertz CT molecular complexity index is 884. The van der Waals surface area contributed by atoms with Gasteiger partial charge in [-0.05, 0) is 65.4 Å². The van der Waals surface area contributed by atoms with Crippen molar-refractivity contribution in [2.24, 2.45) is 0 Å². The lowest BCUT2D eigenvalue weighted by molar-refractivity contribution is 0.340. The number of ether oxygens (including phenoxy) is 1. The highest BCUT2D eigenvalue weighted by atomic mass is 35.5. The lowest BCUT2D eigenvalue weighted by Gasteiger charge is -2.17. The van der Waals surface area contributed by atoms with Gasteiger partial charge in [0.2, 0.25) is 0 Å². The van der Waals surface area contributed by atoms with E-state index in [1.54, 1.807) is 0 Å². The molecule has 0 heterocycles. The Kier molecular flexibility index (Phi) is 6.67. The molecule has 0 aliphatic rings. The molecule has 27 heavy (non-hydrogen) atoms. The molecular weight excluding hydrogens is 359 g/mol. The van der Waals surface area contributed by atoms with E-state index in [1.807, 2.05) is 61.5 Å². The third-order valence-electron chi connectivity index (χ3n) is 4.36. The molecule has 0 radical (unpaired) electrons. The Labute approximate surface area is 165 Å². The normalized spacial score (nSPS) is 11.8. The molecular formula is C24H22ClFO. The maximum Gasteiger partial charge on any atom is 0.123 e. The summed E-state index contributed by atoms with van der Waals surface area (Å²) in [5.41, 5.74) is 5.33. The monoisotopic (exact) mass is 380 g/mol. The lowest BCUT2D eigenvalue weighted by atomic mass is 9.88. The summed E-state index contributed by atoms with van der Waals surface area (Å²) in [6, 6.07) is 24.8. The smallest absolute Gasteiger partial charge is 0.123 e. The fraction of sp³-hybridized carbons (Fsp3) is 0.167. The fourth-order valence-electron chi connectivity index (χ4n) is 3.16. The Morgan fingerprint density at radius 1 is 0.815 bits per heavy atom. The highest BCUT2D eigenvalue weighted by molar-refractivity contribution is 6.18. The summed E-state index contributed by atoms with van der Waals surface area (Å²) in [7, 11) is 0. The van der Waals surface area contributed by atoms with Gasteiger partial charge >= 0.3 is 0 Å². The predicted octanol–water partition coefficient (Wildman–Crippen LogP) is 6.81. The number of rotatable bonds is 7. The van der Waals surface area contributed by atoms with E-state index in [0.717, 1.165) is 33.6 Å². The molecule has 0 bridgehead atoms. The average Bonchev–Trinajstić information content (AvgIpc) is 2.71. The molecule has 138 valence electrons. The number of alkyl halides is 1. The van der Waals surface area contributed by atoms with E-state index >= 15 is 0 Å². The maximum absolute atomic E-state index is 13.5. The molecule has 1 nitrogen and oxygen atoms in total. The molecule has 0 aromatic heterocycles. The first-order valence-corrected chi connectivity index (χ1v) is 9.60. The minimum Gasteiger partial charge on any atom is -0.494 e. The van der Waals surface area contributed by atoms with E-state index in [4.69, 9.17) is 16.3 Å². The molecule has 0 fully saturated rings. The van der Waals surface area contributed by atoms with E-state index in [1.165, 1.54) is 12.1 Å². The largest absolute Gasteiger partial charge is 0.494 e. The average molecular weight is 381 g/mol. The first kappa shape index (κ1) is 19.2. The van der Waals surface area contributed by atoms with Gasteiger partial charge in [-0.1, -0.05) is 54.6 Å². The van der Waals surface area contributed by atoms with Crippen LogP contribution in [-0.2, 0) is 0 Å². The topological polar surface area (TPSA) is 9.23 Å². The van der Waals surface area contributed by atoms with Crippen molar-refractivity contribution < 1.29 is 9.13 Å². The van der Waals surface area contributed by atoms with Crippen molar-refractivity contribution in [1.29, 1.82) is 0 Å². The molecule has 0 N–H and O–H groups in total. The fourth-order valence-corrected chi connectivity index (χ4v) is 3.35. The van der Waals surface area contributed by atoms with Crippen LogP contribution in [0.4, 0.5) is 4.39 Å². The highest BCUT2D eigenvalue weighted by Gasteiger charge is 2.14. The third kappa shape index (κ3) is 4.78. The first-order valence-electron chi connectivity index (χ1n) is 9.06. The zero-order valence-corrected chi connectivity index (χ0v) is 16.0. The number of hydrogen-bond donors (Lipinski definition) is 0. The number of allylic oxidation sites excluding steroid dienone is 1. The molecule has 3 rings (SSSR count). The van der Waals surface area contributed by atoms with E-state index in [2.05, 4.69) is 12.1 Å². The van der Waals surface area contributed by atoms with Crippen molar-refractivity contribution in [2.75, 3.05) is 12.5 Å². The lowest BCUT2D eigenvalue weighted by Crippen LogP contribution is -1.97. The van der Waals surface area contributed by atoms with Crippen LogP contribution in [-0.4, -0.2) is 12.5 Å². The van der Waals surface area contributed by atoms with Crippen molar-refractivity contribution in [2.45, 2.75) is 13.3 Å². The Morgan fingerprint density at radius 2 is 1.41 bits per heavy atom. The van der Waals surface area contributed by atoms with Gasteiger partial charge in [-0.3, -0.25) is 0 Å². The predicted molar refractivity (Wildman–Crippen MR) is 112 cm³/mol. The van der Waals surface area contributed by atoms with Gasteiger partial charge < -0.3 is 4.74 Å². The van der Waals surface area contributed by atoms with Crippen LogP contribution in [0.3, 0.4) is 0 Å². The van der Waals surface area contributed by atoms with Crippen LogP contribution >= 0.6 is 11.6 Å². The molecule has 3 aromatic carbocycles. The van der Waals surface area contributed by atoms with Gasteiger partial charge in [0.05, 0.1) is 6.61 Å². The van der Waals surface area contributed by atoms with Gasteiger partial charge in [0.1, 0.15) is 11.6 Å². The molecule has 0 saturated carbocycles. The zero-order valence-electron chi connectivity index (χ0n) is 15.3. The zero-order chi connectivity index (χ0) is 19.1. The third-order valence-corrected chi connectivity index (χ3v) is 4.54. The summed E-state index contributed by atoms with van der Waals surface area (Å²) in [4.78, 5) is 0. The SMILES string of the molecule is CCOc1ccc(/C(=C(\CCCl)c2ccccc2)c2ccc(F)cc2)cc1. The highest BCUT2D eigenvalue weighted by Crippen LogP contribution is 2.35. The Morgan fingerprint density at radius 3 is 1.96 bits per heavy atom. The van der Waals surface area contributed by atoms with Gasteiger partial charge in [0.25, 0.3) is 0 Å². The van der Waals surface area contributed by atoms with Crippen LogP contribution in [0.2, 0.25) is 0 Å². The van der Waals surface area contributed by atoms with Crippen molar-refractivity contribution in [3.05, 3.63) is 101 Å². The molecule has 0 amide bonds. The van der Waals surface area contributed by atoms with E-state index in [9.17, 15) is 4.39 Å². The summed E-state index contributed by atoms with van der Waals surface area (Å²) in [5.74, 6) is 1.09. The van der Waals surface area contributed by atoms with Gasteiger partial charge in [-0.2, -0.15) is 0 Å². The summed E-state index contributed by atoms with van der Waals surface area (Å²) < 4.78 is 19.1. The van der Waals surface area contributed by atoms with Crippen LogP contribution in [0.1, 0.15) is 30.0 Å². The maximum atomic E-state index is 13.5. The van der Waals surface area contributed by atoms with Crippen molar-refractivity contribution in [3.63, 3.8) is 0 Å². The first-order chi connectivity index (χ1) is 13.2. The second-order valence-corrected chi connectivity index (χ2v) is 6.50. The molecule has 0 aliphatic carbocycles. The minimum absolute atomic E-state index is 0.247. The summed E-state index contributed by atoms with van der Waals surface area (Å²) >= 11 is 6.14. The second kappa shape index (κ2) is 9.38. The van der Waals surface area contributed by atoms with E-state index < -0.39 is 0 Å². The summed E-state index contributed by atoms with van der Waals surface area (Å²) in [6.07, 6.45) is 0.714. The standard InChI is InChI=1S/C24H22ClFO/c1-2-27-22-14-10-20(11-15-22)24(19-8-12-21(26)13-9-19)23(16-17-25)18-6-4-3-5-7-18/h3-15H,2,16-17H2,1H3/b24-23+. The second-order valence-electron chi connectivity index (χ2n) is 6.12. The molecule has 0 spiro atoms. The molecule has 0 atom stereocenters. The number of benzene rings is 3. The Balaban J connectivity index is 2.20. The van der Waals surface area contributed by atoms with Crippen LogP contribution in [0.25, 0.3) is 11.1 Å². The van der Waals surface area contributed by atoms with Crippen molar-refractivity contribution >= 4 is 22.7 Å². The van der Waals surface area contributed by atoms with Gasteiger partial charge in [-0.25, -0.2) is 4.39 Å². The van der Waals surface area contributed by atoms with Crippen LogP contribution in [0.15, 0.2) is 78.9 Å². The van der Waals surface area contributed by atoms with Gasteiger partial charge in [0, 0.05) is 5.88 Å². The number of halogens is 2. The van der Waals surface area contributed by atoms with Crippen LogP contribution < -0.4 is 4.74 Å². The minimum atomic E-state index is -0.247. The van der Waals surface area contributed by atoms with Crippen molar-refractivity contribution in [1.82, 2.24) is 0 Å². The summed E-state index contributed by atoms with van der Waals surface area (Å²) in [5, 5.41) is 0. The van der Waals surface area contributed by atoms with Gasteiger partial charge in [-0.15, -0.1) is 11.6 Å². The number of hydrogen-bond acceptors (Lipinski definition) is 1. The van der Waals surface area contributed by atoms with E-state index in [0.29, 0.717) is 18.9 Å². The molecule has 0 saturated heterocycles. The van der Waals surface area contributed by atoms with Crippen LogP contribution in [0.5, 0.6) is 5.75 Å².